The monoisotopic (exact) mass is 307 g/mol. The summed E-state index contributed by atoms with van der Waals surface area (Å²) < 4.78 is 11.5. The van der Waals surface area contributed by atoms with Crippen molar-refractivity contribution in [1.82, 2.24) is 10.6 Å². The fraction of sp³-hybridized carbons (Fsp3) is 0.941. The van der Waals surface area contributed by atoms with Crippen molar-refractivity contribution >= 4 is 5.96 Å². The lowest BCUT2D eigenvalue weighted by atomic mass is 9.54. The van der Waals surface area contributed by atoms with Gasteiger partial charge in [-0.15, -0.1) is 0 Å². The zero-order chi connectivity index (χ0) is 15.0. The van der Waals surface area contributed by atoms with Crippen molar-refractivity contribution in [2.75, 3.05) is 33.4 Å². The molecule has 0 aromatic carbocycles. The van der Waals surface area contributed by atoms with Crippen molar-refractivity contribution < 1.29 is 9.47 Å². The van der Waals surface area contributed by atoms with Gasteiger partial charge in [-0.05, 0) is 25.7 Å². The molecule has 0 bridgehead atoms. The third-order valence-corrected chi connectivity index (χ3v) is 6.38. The SMILES string of the molecule is CN=C(NCC1CCOC1)NC1C2CCOC2C12CCCC2. The molecule has 2 heterocycles. The number of nitrogens with zero attached hydrogens (tertiary/aromatic N) is 1. The number of guanidine groups is 1. The molecule has 0 amide bonds. The van der Waals surface area contributed by atoms with Gasteiger partial charge in [0, 0.05) is 50.1 Å². The van der Waals surface area contributed by atoms with Gasteiger partial charge in [0.1, 0.15) is 0 Å². The summed E-state index contributed by atoms with van der Waals surface area (Å²) in [5.74, 6) is 2.28. The fourth-order valence-corrected chi connectivity index (χ4v) is 5.23. The highest BCUT2D eigenvalue weighted by Gasteiger charge is 2.65. The maximum Gasteiger partial charge on any atom is 0.191 e. The van der Waals surface area contributed by atoms with Crippen molar-refractivity contribution in [2.45, 2.75) is 50.7 Å². The van der Waals surface area contributed by atoms with Crippen molar-refractivity contribution in [3.05, 3.63) is 0 Å². The van der Waals surface area contributed by atoms with Gasteiger partial charge in [-0.25, -0.2) is 0 Å². The first kappa shape index (κ1) is 14.8. The second-order valence-corrected chi connectivity index (χ2v) is 7.49. The van der Waals surface area contributed by atoms with Crippen LogP contribution in [0.3, 0.4) is 0 Å². The first-order valence-electron chi connectivity index (χ1n) is 9.00. The Balaban J connectivity index is 1.38. The summed E-state index contributed by atoms with van der Waals surface area (Å²) in [6, 6.07) is 0.550. The lowest BCUT2D eigenvalue weighted by molar-refractivity contribution is -0.125. The highest BCUT2D eigenvalue weighted by molar-refractivity contribution is 5.80. The number of hydrogen-bond acceptors (Lipinski definition) is 3. The zero-order valence-corrected chi connectivity index (χ0v) is 13.6. The Hall–Kier alpha value is -0.810. The van der Waals surface area contributed by atoms with Crippen LogP contribution >= 0.6 is 0 Å². The summed E-state index contributed by atoms with van der Waals surface area (Å²) in [5, 5.41) is 7.26. The van der Waals surface area contributed by atoms with E-state index in [1.807, 2.05) is 7.05 Å². The van der Waals surface area contributed by atoms with Gasteiger partial charge in [-0.2, -0.15) is 0 Å². The maximum atomic E-state index is 6.06. The molecule has 5 heteroatoms. The summed E-state index contributed by atoms with van der Waals surface area (Å²) in [7, 11) is 1.88. The molecule has 4 aliphatic rings. The molecular formula is C17H29N3O2. The van der Waals surface area contributed by atoms with Crippen molar-refractivity contribution in [3.63, 3.8) is 0 Å². The molecule has 2 aliphatic carbocycles. The fourth-order valence-electron chi connectivity index (χ4n) is 5.23. The molecule has 1 spiro atoms. The first-order chi connectivity index (χ1) is 10.8. The van der Waals surface area contributed by atoms with Gasteiger partial charge in [0.15, 0.2) is 5.96 Å². The van der Waals surface area contributed by atoms with E-state index in [9.17, 15) is 0 Å². The third-order valence-electron chi connectivity index (χ3n) is 6.38. The lowest BCUT2D eigenvalue weighted by Crippen LogP contribution is -2.69. The van der Waals surface area contributed by atoms with Gasteiger partial charge in [-0.1, -0.05) is 12.8 Å². The van der Waals surface area contributed by atoms with Gasteiger partial charge in [0.05, 0.1) is 12.7 Å². The summed E-state index contributed by atoms with van der Waals surface area (Å²) in [4.78, 5) is 4.45. The highest BCUT2D eigenvalue weighted by atomic mass is 16.5. The topological polar surface area (TPSA) is 54.9 Å². The van der Waals surface area contributed by atoms with Gasteiger partial charge < -0.3 is 20.1 Å². The van der Waals surface area contributed by atoms with E-state index >= 15 is 0 Å². The van der Waals surface area contributed by atoms with E-state index in [-0.39, 0.29) is 0 Å². The summed E-state index contributed by atoms with van der Waals surface area (Å²) in [6.45, 7) is 3.70. The lowest BCUT2D eigenvalue weighted by Gasteiger charge is -2.57. The second kappa shape index (κ2) is 6.00. The molecule has 4 rings (SSSR count). The van der Waals surface area contributed by atoms with Crippen LogP contribution in [0.1, 0.15) is 38.5 Å². The van der Waals surface area contributed by atoms with E-state index in [1.165, 1.54) is 32.1 Å². The molecule has 2 aliphatic heterocycles. The standard InChI is InChI=1S/C17H29N3O2/c1-18-16(19-10-12-4-8-21-11-12)20-14-13-5-9-22-15(13)17(14)6-2-3-7-17/h12-15H,2-11H2,1H3,(H2,18,19,20). The molecule has 5 nitrogen and oxygen atoms in total. The maximum absolute atomic E-state index is 6.06. The molecule has 4 atom stereocenters. The van der Waals surface area contributed by atoms with Crippen LogP contribution in [-0.2, 0) is 9.47 Å². The Labute approximate surface area is 133 Å². The van der Waals surface area contributed by atoms with E-state index < -0.39 is 0 Å². The van der Waals surface area contributed by atoms with Crippen LogP contribution in [0.4, 0.5) is 0 Å². The Morgan fingerprint density at radius 1 is 1.23 bits per heavy atom. The van der Waals surface area contributed by atoms with E-state index in [2.05, 4.69) is 15.6 Å². The van der Waals surface area contributed by atoms with Gasteiger partial charge in [-0.3, -0.25) is 4.99 Å². The zero-order valence-electron chi connectivity index (χ0n) is 13.6. The molecule has 0 aromatic rings. The average molecular weight is 307 g/mol. The average Bonchev–Trinajstić information content (AvgIpc) is 3.27. The predicted molar refractivity (Wildman–Crippen MR) is 86.0 cm³/mol. The highest BCUT2D eigenvalue weighted by Crippen LogP contribution is 2.60. The summed E-state index contributed by atoms with van der Waals surface area (Å²) >= 11 is 0. The number of rotatable bonds is 3. The molecule has 22 heavy (non-hydrogen) atoms. The molecule has 4 unspecified atom stereocenters. The molecule has 0 aromatic heterocycles. The molecule has 2 N–H and O–H groups in total. The first-order valence-corrected chi connectivity index (χ1v) is 9.00. The van der Waals surface area contributed by atoms with Gasteiger partial charge in [0.2, 0.25) is 0 Å². The summed E-state index contributed by atoms with van der Waals surface area (Å²) in [5.41, 5.74) is 0.384. The van der Waals surface area contributed by atoms with E-state index in [0.29, 0.717) is 29.4 Å². The molecule has 0 radical (unpaired) electrons. The van der Waals surface area contributed by atoms with Crippen LogP contribution in [0.25, 0.3) is 0 Å². The largest absolute Gasteiger partial charge is 0.381 e. The Morgan fingerprint density at radius 3 is 2.82 bits per heavy atom. The van der Waals surface area contributed by atoms with Crippen LogP contribution in [0.5, 0.6) is 0 Å². The minimum absolute atomic E-state index is 0.384. The van der Waals surface area contributed by atoms with E-state index in [0.717, 1.165) is 38.7 Å². The quantitative estimate of drug-likeness (QED) is 0.613. The normalized spacial score (nSPS) is 39.8. The van der Waals surface area contributed by atoms with E-state index in [4.69, 9.17) is 9.47 Å². The minimum Gasteiger partial charge on any atom is -0.381 e. The van der Waals surface area contributed by atoms with Gasteiger partial charge >= 0.3 is 0 Å². The third kappa shape index (κ3) is 2.33. The Morgan fingerprint density at radius 2 is 2.09 bits per heavy atom. The number of nitrogens with one attached hydrogen (secondary N) is 2. The van der Waals surface area contributed by atoms with Crippen molar-refractivity contribution in [3.8, 4) is 0 Å². The smallest absolute Gasteiger partial charge is 0.191 e. The Bertz CT molecular complexity index is 428. The number of ether oxygens (including phenoxy) is 2. The minimum atomic E-state index is 0.384. The molecule has 2 saturated heterocycles. The number of fused-ring (bicyclic) bond motifs is 2. The van der Waals surface area contributed by atoms with Crippen LogP contribution < -0.4 is 10.6 Å². The predicted octanol–water partition coefficient (Wildman–Crippen LogP) is 1.54. The summed E-state index contributed by atoms with van der Waals surface area (Å²) in [6.07, 6.45) is 8.23. The van der Waals surface area contributed by atoms with Crippen LogP contribution in [0, 0.1) is 17.3 Å². The van der Waals surface area contributed by atoms with Crippen LogP contribution in [0.2, 0.25) is 0 Å². The van der Waals surface area contributed by atoms with Crippen molar-refractivity contribution in [2.24, 2.45) is 22.2 Å². The second-order valence-electron chi connectivity index (χ2n) is 7.49. The molecule has 124 valence electrons. The molecular weight excluding hydrogens is 278 g/mol. The van der Waals surface area contributed by atoms with Gasteiger partial charge in [0.25, 0.3) is 0 Å². The van der Waals surface area contributed by atoms with E-state index in [1.54, 1.807) is 0 Å². The molecule has 2 saturated carbocycles. The van der Waals surface area contributed by atoms with Crippen LogP contribution in [0.15, 0.2) is 4.99 Å². The van der Waals surface area contributed by atoms with Crippen molar-refractivity contribution in [1.29, 1.82) is 0 Å². The number of aliphatic imine (C=N–C) groups is 1. The number of hydrogen-bond donors (Lipinski definition) is 2. The van der Waals surface area contributed by atoms with Crippen LogP contribution in [-0.4, -0.2) is 51.5 Å². The molecule has 4 fully saturated rings. The Kier molecular flexibility index (Phi) is 4.03.